The number of nitrogens with zero attached hydrogens (tertiary/aromatic N) is 1. The van der Waals surface area contributed by atoms with Crippen LogP contribution in [0.5, 0.6) is 11.5 Å². The van der Waals surface area contributed by atoms with E-state index in [2.05, 4.69) is 12.2 Å². The van der Waals surface area contributed by atoms with Crippen molar-refractivity contribution in [1.29, 1.82) is 0 Å². The first-order chi connectivity index (χ1) is 16.9. The SMILES string of the molecule is COC(=O)c1ccc(NC(=O)c2c(N=Cc3cccc(OC)c3OC)sc3c2CC[C@H](C)C3)cc1. The minimum Gasteiger partial charge on any atom is -0.493 e. The van der Waals surface area contributed by atoms with Crippen molar-refractivity contribution >= 4 is 40.1 Å². The fraction of sp³-hybridized carbons (Fsp3) is 0.296. The number of hydrogen-bond acceptors (Lipinski definition) is 7. The molecule has 8 heteroatoms. The second-order valence-electron chi connectivity index (χ2n) is 8.40. The quantitative estimate of drug-likeness (QED) is 0.339. The Morgan fingerprint density at radius 3 is 2.54 bits per heavy atom. The number of nitrogens with one attached hydrogen (secondary N) is 1. The van der Waals surface area contributed by atoms with Gasteiger partial charge in [0.25, 0.3) is 5.91 Å². The van der Waals surface area contributed by atoms with Crippen LogP contribution in [0.3, 0.4) is 0 Å². The third kappa shape index (κ3) is 5.22. The molecule has 0 aliphatic heterocycles. The highest BCUT2D eigenvalue weighted by Crippen LogP contribution is 2.42. The summed E-state index contributed by atoms with van der Waals surface area (Å²) in [4.78, 5) is 31.1. The summed E-state index contributed by atoms with van der Waals surface area (Å²) in [5.41, 5.74) is 3.45. The molecule has 0 saturated heterocycles. The molecular weight excluding hydrogens is 464 g/mol. The van der Waals surface area contributed by atoms with Crippen molar-refractivity contribution in [2.45, 2.75) is 26.2 Å². The van der Waals surface area contributed by atoms with E-state index in [0.29, 0.717) is 39.2 Å². The van der Waals surface area contributed by atoms with Crippen LogP contribution in [0.15, 0.2) is 47.5 Å². The fourth-order valence-corrected chi connectivity index (χ4v) is 5.56. The molecule has 2 aromatic carbocycles. The maximum absolute atomic E-state index is 13.4. The van der Waals surface area contributed by atoms with Crippen molar-refractivity contribution < 1.29 is 23.8 Å². The van der Waals surface area contributed by atoms with Crippen LogP contribution < -0.4 is 14.8 Å². The molecule has 1 aromatic heterocycles. The van der Waals surface area contributed by atoms with Gasteiger partial charge < -0.3 is 19.5 Å². The molecule has 7 nitrogen and oxygen atoms in total. The number of carbonyl (C=O) groups is 2. The number of esters is 1. The Hall–Kier alpha value is -3.65. The summed E-state index contributed by atoms with van der Waals surface area (Å²) in [6.07, 6.45) is 4.52. The van der Waals surface area contributed by atoms with Gasteiger partial charge in [-0.05, 0) is 67.1 Å². The van der Waals surface area contributed by atoms with E-state index < -0.39 is 5.97 Å². The molecule has 1 aliphatic rings. The van der Waals surface area contributed by atoms with Crippen molar-refractivity contribution in [1.82, 2.24) is 0 Å². The number of thiophene rings is 1. The Balaban J connectivity index is 1.67. The maximum Gasteiger partial charge on any atom is 0.337 e. The highest BCUT2D eigenvalue weighted by Gasteiger charge is 2.27. The number of amides is 1. The number of para-hydroxylation sites is 1. The average Bonchev–Trinajstić information content (AvgIpc) is 3.24. The van der Waals surface area contributed by atoms with Crippen molar-refractivity contribution in [2.24, 2.45) is 10.9 Å². The van der Waals surface area contributed by atoms with E-state index in [0.717, 1.165) is 30.4 Å². The summed E-state index contributed by atoms with van der Waals surface area (Å²) in [6, 6.07) is 12.2. The monoisotopic (exact) mass is 492 g/mol. The second kappa shape index (κ2) is 10.7. The van der Waals surface area contributed by atoms with Gasteiger partial charge in [-0.15, -0.1) is 11.3 Å². The van der Waals surface area contributed by atoms with E-state index in [1.165, 1.54) is 12.0 Å². The highest BCUT2D eigenvalue weighted by atomic mass is 32.1. The van der Waals surface area contributed by atoms with E-state index >= 15 is 0 Å². The van der Waals surface area contributed by atoms with Gasteiger partial charge in [-0.1, -0.05) is 13.0 Å². The Morgan fingerprint density at radius 1 is 1.09 bits per heavy atom. The zero-order chi connectivity index (χ0) is 24.9. The topological polar surface area (TPSA) is 86.2 Å². The minimum absolute atomic E-state index is 0.215. The lowest BCUT2D eigenvalue weighted by atomic mass is 9.88. The second-order valence-corrected chi connectivity index (χ2v) is 9.48. The maximum atomic E-state index is 13.4. The van der Waals surface area contributed by atoms with Crippen LogP contribution in [-0.2, 0) is 17.6 Å². The Bertz CT molecular complexity index is 1260. The number of rotatable bonds is 7. The predicted octanol–water partition coefficient (Wildman–Crippen LogP) is 5.68. The smallest absolute Gasteiger partial charge is 0.337 e. The normalized spacial score (nSPS) is 14.9. The van der Waals surface area contributed by atoms with Crippen LogP contribution in [0, 0.1) is 5.92 Å². The molecule has 1 N–H and O–H groups in total. The summed E-state index contributed by atoms with van der Waals surface area (Å²) in [7, 11) is 4.51. The van der Waals surface area contributed by atoms with E-state index in [4.69, 9.17) is 19.2 Å². The van der Waals surface area contributed by atoms with Gasteiger partial charge in [0.05, 0.1) is 32.5 Å². The average molecular weight is 493 g/mol. The highest BCUT2D eigenvalue weighted by molar-refractivity contribution is 7.16. The molecule has 0 saturated carbocycles. The van der Waals surface area contributed by atoms with Crippen molar-refractivity contribution in [3.8, 4) is 11.5 Å². The fourth-order valence-electron chi connectivity index (χ4n) is 4.20. The van der Waals surface area contributed by atoms with E-state index in [9.17, 15) is 9.59 Å². The van der Waals surface area contributed by atoms with Crippen molar-refractivity contribution in [3.05, 3.63) is 69.6 Å². The number of fused-ring (bicyclic) bond motifs is 1. The third-order valence-corrected chi connectivity index (χ3v) is 7.20. The minimum atomic E-state index is -0.423. The molecule has 1 aliphatic carbocycles. The first-order valence-electron chi connectivity index (χ1n) is 11.3. The van der Waals surface area contributed by atoms with Crippen LogP contribution in [0.4, 0.5) is 10.7 Å². The van der Waals surface area contributed by atoms with E-state index in [1.54, 1.807) is 56.0 Å². The molecule has 1 amide bonds. The zero-order valence-electron chi connectivity index (χ0n) is 20.2. The molecule has 3 aromatic rings. The molecule has 0 fully saturated rings. The van der Waals surface area contributed by atoms with Crippen LogP contribution in [-0.4, -0.2) is 39.4 Å². The van der Waals surface area contributed by atoms with Gasteiger partial charge in [0.1, 0.15) is 5.00 Å². The van der Waals surface area contributed by atoms with Crippen LogP contribution in [0.1, 0.15) is 50.1 Å². The van der Waals surface area contributed by atoms with Crippen LogP contribution in [0.25, 0.3) is 0 Å². The largest absolute Gasteiger partial charge is 0.493 e. The van der Waals surface area contributed by atoms with Gasteiger partial charge in [0.15, 0.2) is 11.5 Å². The zero-order valence-corrected chi connectivity index (χ0v) is 21.0. The molecule has 0 radical (unpaired) electrons. The van der Waals surface area contributed by atoms with Crippen molar-refractivity contribution in [3.63, 3.8) is 0 Å². The number of benzene rings is 2. The number of anilines is 1. The van der Waals surface area contributed by atoms with Gasteiger partial charge in [0, 0.05) is 22.3 Å². The van der Waals surface area contributed by atoms with E-state index in [-0.39, 0.29) is 5.91 Å². The first-order valence-corrected chi connectivity index (χ1v) is 12.2. The third-order valence-electron chi connectivity index (χ3n) is 6.04. The van der Waals surface area contributed by atoms with Gasteiger partial charge in [-0.25, -0.2) is 9.79 Å². The molecule has 1 atom stereocenters. The van der Waals surface area contributed by atoms with Crippen LogP contribution in [0.2, 0.25) is 0 Å². The molecule has 1 heterocycles. The molecule has 35 heavy (non-hydrogen) atoms. The van der Waals surface area contributed by atoms with E-state index in [1.807, 2.05) is 18.2 Å². The first kappa shape index (κ1) is 24.5. The van der Waals surface area contributed by atoms with Gasteiger partial charge in [-0.3, -0.25) is 4.79 Å². The number of hydrogen-bond donors (Lipinski definition) is 1. The predicted molar refractivity (Wildman–Crippen MR) is 138 cm³/mol. The summed E-state index contributed by atoms with van der Waals surface area (Å²) in [6.45, 7) is 2.23. The van der Waals surface area contributed by atoms with Gasteiger partial charge >= 0.3 is 5.97 Å². The molecular formula is C27H28N2O5S. The Kier molecular flexibility index (Phi) is 7.51. The molecule has 0 bridgehead atoms. The summed E-state index contributed by atoms with van der Waals surface area (Å²) in [5, 5.41) is 3.63. The summed E-state index contributed by atoms with van der Waals surface area (Å²) >= 11 is 1.56. The summed E-state index contributed by atoms with van der Waals surface area (Å²) < 4.78 is 15.6. The molecule has 0 unspecified atom stereocenters. The lowest BCUT2D eigenvalue weighted by molar-refractivity contribution is 0.0600. The Morgan fingerprint density at radius 2 is 1.86 bits per heavy atom. The van der Waals surface area contributed by atoms with Crippen molar-refractivity contribution in [2.75, 3.05) is 26.6 Å². The lowest BCUT2D eigenvalue weighted by Gasteiger charge is -2.18. The summed E-state index contributed by atoms with van der Waals surface area (Å²) in [5.74, 6) is 1.13. The number of methoxy groups -OCH3 is 3. The van der Waals surface area contributed by atoms with Crippen LogP contribution >= 0.6 is 11.3 Å². The Labute approximate surface area is 208 Å². The molecule has 0 spiro atoms. The number of aliphatic imine (C=N–C) groups is 1. The van der Waals surface area contributed by atoms with Gasteiger partial charge in [-0.2, -0.15) is 0 Å². The van der Waals surface area contributed by atoms with Gasteiger partial charge in [0.2, 0.25) is 0 Å². The molecule has 4 rings (SSSR count). The number of carbonyl (C=O) groups excluding carboxylic acids is 2. The standard InChI is InChI=1S/C27H28N2O5S/c1-16-8-13-20-22(14-16)35-26(28-15-18-6-5-7-21(32-2)24(18)33-3)23(20)25(30)29-19-11-9-17(10-12-19)27(31)34-4/h5-7,9-12,15-16H,8,13-14H2,1-4H3,(H,29,30)/t16-/m0/s1. The molecule has 182 valence electrons. The number of ether oxygens (including phenoxy) is 3. The lowest BCUT2D eigenvalue weighted by Crippen LogP contribution is -2.16.